The van der Waals surface area contributed by atoms with Gasteiger partial charge in [0.05, 0.1) is 5.52 Å². The Morgan fingerprint density at radius 2 is 1.94 bits per heavy atom. The molecule has 1 aliphatic carbocycles. The third-order valence-electron chi connectivity index (χ3n) is 5.56. The molecule has 170 valence electrons. The molecule has 0 aliphatic heterocycles. The number of benzene rings is 1. The molecule has 32 heavy (non-hydrogen) atoms. The molecule has 2 heterocycles. The van der Waals surface area contributed by atoms with Gasteiger partial charge in [-0.3, -0.25) is 9.48 Å². The molecular weight excluding hydrogens is 445 g/mol. The molecule has 1 N–H and O–H groups in total. The molecule has 0 spiro atoms. The first-order valence-corrected chi connectivity index (χ1v) is 11.9. The Morgan fingerprint density at radius 3 is 2.62 bits per heavy atom. The zero-order valence-electron chi connectivity index (χ0n) is 17.2. The second-order valence-electron chi connectivity index (χ2n) is 8.10. The van der Waals surface area contributed by atoms with Gasteiger partial charge >= 0.3 is 0 Å². The van der Waals surface area contributed by atoms with Crippen LogP contribution in [-0.4, -0.2) is 41.3 Å². The minimum absolute atomic E-state index is 0.0990. The van der Waals surface area contributed by atoms with Crippen molar-refractivity contribution in [1.29, 1.82) is 0 Å². The number of anilines is 1. The zero-order chi connectivity index (χ0) is 23.1. The lowest BCUT2D eigenvalue weighted by Gasteiger charge is -2.28. The molecule has 1 amide bonds. The van der Waals surface area contributed by atoms with Crippen molar-refractivity contribution in [3.05, 3.63) is 48.0 Å². The molecular formula is C21H21F3N4O3S. The number of nitrogens with zero attached hydrogens (tertiary/aromatic N) is 3. The van der Waals surface area contributed by atoms with E-state index >= 15 is 0 Å². The van der Waals surface area contributed by atoms with Crippen LogP contribution < -0.4 is 5.32 Å². The van der Waals surface area contributed by atoms with E-state index in [1.165, 1.54) is 41.2 Å². The fraction of sp³-hybridized carbons (Fsp3) is 0.381. The number of nitrogens with one attached hydrogen (secondary N) is 1. The van der Waals surface area contributed by atoms with Crippen LogP contribution in [-0.2, 0) is 16.4 Å². The maximum atomic E-state index is 13.7. The second kappa shape index (κ2) is 8.19. The molecule has 0 unspecified atom stereocenters. The summed E-state index contributed by atoms with van der Waals surface area (Å²) in [6, 6.07) is 6.52. The first-order valence-electron chi connectivity index (χ1n) is 10.0. The molecule has 1 aliphatic rings. The van der Waals surface area contributed by atoms with Crippen molar-refractivity contribution in [2.24, 2.45) is 5.92 Å². The van der Waals surface area contributed by atoms with Crippen LogP contribution in [0.25, 0.3) is 10.9 Å². The van der Waals surface area contributed by atoms with E-state index in [9.17, 15) is 26.4 Å². The summed E-state index contributed by atoms with van der Waals surface area (Å²) in [5.74, 6) is -3.87. The first-order chi connectivity index (χ1) is 15.0. The third-order valence-corrected chi connectivity index (χ3v) is 6.54. The van der Waals surface area contributed by atoms with Crippen molar-refractivity contribution in [1.82, 2.24) is 14.8 Å². The molecule has 2 aromatic heterocycles. The van der Waals surface area contributed by atoms with Gasteiger partial charge in [-0.1, -0.05) is 0 Å². The lowest BCUT2D eigenvalue weighted by atomic mass is 9.87. The van der Waals surface area contributed by atoms with Crippen molar-refractivity contribution >= 4 is 32.3 Å². The van der Waals surface area contributed by atoms with Gasteiger partial charge in [-0.15, -0.1) is 0 Å². The lowest BCUT2D eigenvalue weighted by Crippen LogP contribution is -2.28. The molecule has 0 saturated heterocycles. The van der Waals surface area contributed by atoms with E-state index in [0.717, 1.165) is 6.26 Å². The minimum Gasteiger partial charge on any atom is -0.320 e. The van der Waals surface area contributed by atoms with Crippen molar-refractivity contribution in [2.75, 3.05) is 11.6 Å². The summed E-state index contributed by atoms with van der Waals surface area (Å²) in [6.07, 6.45) is 2.41. The fourth-order valence-corrected chi connectivity index (χ4v) is 4.48. The smallest absolute Gasteiger partial charge is 0.274 e. The Labute approximate surface area is 182 Å². The van der Waals surface area contributed by atoms with Gasteiger partial charge in [0.1, 0.15) is 11.5 Å². The molecule has 7 nitrogen and oxygen atoms in total. The van der Waals surface area contributed by atoms with Crippen molar-refractivity contribution in [3.8, 4) is 0 Å². The van der Waals surface area contributed by atoms with E-state index in [-0.39, 0.29) is 47.2 Å². The van der Waals surface area contributed by atoms with Crippen molar-refractivity contribution < 1.29 is 26.4 Å². The number of alkyl halides is 2. The van der Waals surface area contributed by atoms with Gasteiger partial charge in [-0.05, 0) is 43.0 Å². The number of sulfone groups is 1. The largest absolute Gasteiger partial charge is 0.320 e. The third kappa shape index (κ3) is 4.77. The van der Waals surface area contributed by atoms with Crippen LogP contribution in [0.1, 0.15) is 36.2 Å². The minimum atomic E-state index is -3.57. The van der Waals surface area contributed by atoms with Gasteiger partial charge in [-0.2, -0.15) is 5.10 Å². The number of carbonyl (C=O) groups excluding carboxylic acids is 1. The van der Waals surface area contributed by atoms with Gasteiger partial charge in [0.25, 0.3) is 5.91 Å². The normalized spacial score (nSPS) is 16.9. The number of hydrogen-bond acceptors (Lipinski definition) is 5. The summed E-state index contributed by atoms with van der Waals surface area (Å²) in [6.45, 7) is 0.236. The van der Waals surface area contributed by atoms with E-state index in [0.29, 0.717) is 18.2 Å². The van der Waals surface area contributed by atoms with Gasteiger partial charge in [-0.25, -0.2) is 26.6 Å². The predicted molar refractivity (Wildman–Crippen MR) is 112 cm³/mol. The Bertz CT molecular complexity index is 1280. The van der Waals surface area contributed by atoms with Gasteiger partial charge < -0.3 is 5.32 Å². The highest BCUT2D eigenvalue weighted by atomic mass is 32.2. The number of rotatable bonds is 5. The van der Waals surface area contributed by atoms with Crippen LogP contribution in [0.15, 0.2) is 41.6 Å². The average Bonchev–Trinajstić information content (AvgIpc) is 3.06. The van der Waals surface area contributed by atoms with Crippen LogP contribution in [0.3, 0.4) is 0 Å². The van der Waals surface area contributed by atoms with E-state index in [1.54, 1.807) is 0 Å². The van der Waals surface area contributed by atoms with Gasteiger partial charge in [0.2, 0.25) is 5.92 Å². The molecule has 1 saturated carbocycles. The van der Waals surface area contributed by atoms with Crippen LogP contribution in [0, 0.1) is 11.7 Å². The highest BCUT2D eigenvalue weighted by Gasteiger charge is 2.35. The predicted octanol–water partition coefficient (Wildman–Crippen LogP) is 4.05. The summed E-state index contributed by atoms with van der Waals surface area (Å²) in [5, 5.41) is 7.19. The van der Waals surface area contributed by atoms with E-state index in [2.05, 4.69) is 15.4 Å². The Balaban J connectivity index is 1.66. The molecule has 0 bridgehead atoms. The van der Waals surface area contributed by atoms with E-state index in [4.69, 9.17) is 0 Å². The van der Waals surface area contributed by atoms with Crippen molar-refractivity contribution in [2.45, 2.75) is 43.2 Å². The quantitative estimate of drug-likeness (QED) is 0.612. The molecule has 3 aromatic rings. The topological polar surface area (TPSA) is 94.0 Å². The second-order valence-corrected chi connectivity index (χ2v) is 10.1. The van der Waals surface area contributed by atoms with E-state index < -0.39 is 27.5 Å². The molecule has 1 fully saturated rings. The number of hydrogen-bond donors (Lipinski definition) is 1. The van der Waals surface area contributed by atoms with Crippen LogP contribution in [0.5, 0.6) is 0 Å². The Kier molecular flexibility index (Phi) is 5.70. The molecule has 4 rings (SSSR count). The van der Waals surface area contributed by atoms with Gasteiger partial charge in [0.15, 0.2) is 14.9 Å². The number of halogens is 3. The lowest BCUT2D eigenvalue weighted by molar-refractivity contribution is -0.0476. The van der Waals surface area contributed by atoms with E-state index in [1.807, 2.05) is 0 Å². The number of amides is 1. The van der Waals surface area contributed by atoms with Gasteiger partial charge in [0, 0.05) is 49.0 Å². The SMILES string of the molecule is CS(=O)(=O)c1cc(NC(=O)c2c3ccc(F)cc3nn2CC2CCC(F)(F)CC2)ccn1. The molecule has 0 atom stereocenters. The summed E-state index contributed by atoms with van der Waals surface area (Å²) >= 11 is 0. The summed E-state index contributed by atoms with van der Waals surface area (Å²) in [7, 11) is -3.57. The number of aromatic nitrogens is 3. The standard InChI is InChI=1S/C21H21F3N4O3S/c1-32(30,31)18-11-15(6-9-25-18)26-20(29)19-16-3-2-14(22)10-17(16)27-28(19)12-13-4-7-21(23,24)8-5-13/h2-3,6,9-11,13H,4-5,7-8,12H2,1H3,(H,25,26,29). The number of fused-ring (bicyclic) bond motifs is 1. The monoisotopic (exact) mass is 466 g/mol. The summed E-state index contributed by atoms with van der Waals surface area (Å²) < 4.78 is 65.7. The summed E-state index contributed by atoms with van der Waals surface area (Å²) in [4.78, 5) is 16.9. The summed E-state index contributed by atoms with van der Waals surface area (Å²) in [5.41, 5.74) is 0.628. The highest BCUT2D eigenvalue weighted by Crippen LogP contribution is 2.37. The fourth-order valence-electron chi connectivity index (χ4n) is 3.89. The first kappa shape index (κ1) is 22.3. The average molecular weight is 466 g/mol. The zero-order valence-corrected chi connectivity index (χ0v) is 18.0. The Morgan fingerprint density at radius 1 is 1.22 bits per heavy atom. The maximum Gasteiger partial charge on any atom is 0.274 e. The number of carbonyl (C=O) groups is 1. The maximum absolute atomic E-state index is 13.7. The van der Waals surface area contributed by atoms with Crippen LogP contribution in [0.2, 0.25) is 0 Å². The molecule has 11 heteroatoms. The van der Waals surface area contributed by atoms with Crippen molar-refractivity contribution in [3.63, 3.8) is 0 Å². The van der Waals surface area contributed by atoms with Crippen LogP contribution >= 0.6 is 0 Å². The number of pyridine rings is 1. The molecule has 1 aromatic carbocycles. The Hall–Kier alpha value is -2.95. The van der Waals surface area contributed by atoms with Crippen LogP contribution in [0.4, 0.5) is 18.9 Å². The highest BCUT2D eigenvalue weighted by molar-refractivity contribution is 7.90. The molecule has 0 radical (unpaired) electrons.